The lowest BCUT2D eigenvalue weighted by Gasteiger charge is -1.97. The summed E-state index contributed by atoms with van der Waals surface area (Å²) in [6.07, 6.45) is 2.47. The number of hydrogen-bond acceptors (Lipinski definition) is 5. The molecule has 1 aromatic rings. The number of hydrogen-bond donors (Lipinski definition) is 1. The normalized spacial score (nSPS) is 11.8. The fourth-order valence-electron chi connectivity index (χ4n) is 0.841. The summed E-state index contributed by atoms with van der Waals surface area (Å²) in [6, 6.07) is 0. The maximum Gasteiger partial charge on any atom is 0.264 e. The molecule has 13 heavy (non-hydrogen) atoms. The molecule has 0 saturated heterocycles. The zero-order chi connectivity index (χ0) is 9.73. The van der Waals surface area contributed by atoms with E-state index in [1.165, 1.54) is 11.0 Å². The van der Waals surface area contributed by atoms with Crippen LogP contribution in [0.3, 0.4) is 0 Å². The van der Waals surface area contributed by atoms with Crippen LogP contribution in [-0.4, -0.2) is 38.9 Å². The molecule has 0 radical (unpaired) electrons. The van der Waals surface area contributed by atoms with E-state index in [0.29, 0.717) is 19.4 Å². The largest absolute Gasteiger partial charge is 0.286 e. The molecule has 0 aliphatic rings. The molecular formula is C5H10N4O3S. The lowest BCUT2D eigenvalue weighted by molar-refractivity contribution is 0.476. The van der Waals surface area contributed by atoms with Crippen LogP contribution in [0.1, 0.15) is 12.8 Å². The van der Waals surface area contributed by atoms with Gasteiger partial charge in [0, 0.05) is 6.54 Å². The summed E-state index contributed by atoms with van der Waals surface area (Å²) < 4.78 is 30.5. The molecule has 7 nitrogen and oxygen atoms in total. The fourth-order valence-corrected chi connectivity index (χ4v) is 1.41. The van der Waals surface area contributed by atoms with E-state index in [0.717, 1.165) is 0 Å². The first kappa shape index (κ1) is 10.1. The summed E-state index contributed by atoms with van der Waals surface area (Å²) in [5.74, 6) is -0.213. The van der Waals surface area contributed by atoms with Crippen LogP contribution in [0.25, 0.3) is 0 Å². The molecule has 0 bridgehead atoms. The first-order chi connectivity index (χ1) is 6.08. The van der Waals surface area contributed by atoms with Crippen LogP contribution in [0.2, 0.25) is 0 Å². The molecule has 1 N–H and O–H groups in total. The van der Waals surface area contributed by atoms with E-state index < -0.39 is 10.1 Å². The molecule has 8 heteroatoms. The number of unbranched alkanes of at least 4 members (excludes halogenated alkanes) is 1. The van der Waals surface area contributed by atoms with Crippen LogP contribution in [0.4, 0.5) is 0 Å². The molecule has 0 unspecified atom stereocenters. The second-order valence-electron chi connectivity index (χ2n) is 2.57. The summed E-state index contributed by atoms with van der Waals surface area (Å²) in [5, 5.41) is 10.4. The van der Waals surface area contributed by atoms with Gasteiger partial charge in [-0.25, -0.2) is 4.68 Å². The van der Waals surface area contributed by atoms with Crippen molar-refractivity contribution in [1.29, 1.82) is 0 Å². The maximum atomic E-state index is 10.3. The quantitative estimate of drug-likeness (QED) is 0.507. The smallest absolute Gasteiger partial charge is 0.264 e. The van der Waals surface area contributed by atoms with Gasteiger partial charge in [-0.1, -0.05) is 0 Å². The number of aromatic nitrogens is 4. The third-order valence-electron chi connectivity index (χ3n) is 1.43. The predicted molar refractivity (Wildman–Crippen MR) is 43.5 cm³/mol. The van der Waals surface area contributed by atoms with Gasteiger partial charge in [-0.3, -0.25) is 4.55 Å². The SMILES string of the molecule is O=S(=O)(O)CCCCn1cnnn1. The van der Waals surface area contributed by atoms with Gasteiger partial charge < -0.3 is 0 Å². The Morgan fingerprint density at radius 3 is 2.69 bits per heavy atom. The van der Waals surface area contributed by atoms with Crippen molar-refractivity contribution < 1.29 is 13.0 Å². The van der Waals surface area contributed by atoms with Crippen LogP contribution in [0.15, 0.2) is 6.33 Å². The maximum absolute atomic E-state index is 10.3. The van der Waals surface area contributed by atoms with Gasteiger partial charge in [0.25, 0.3) is 10.1 Å². The number of nitrogens with zero attached hydrogens (tertiary/aromatic N) is 4. The summed E-state index contributed by atoms with van der Waals surface area (Å²) in [7, 11) is -3.83. The summed E-state index contributed by atoms with van der Waals surface area (Å²) in [5.41, 5.74) is 0. The molecule has 1 aromatic heterocycles. The van der Waals surface area contributed by atoms with Gasteiger partial charge >= 0.3 is 0 Å². The van der Waals surface area contributed by atoms with Crippen LogP contribution in [0.5, 0.6) is 0 Å². The molecule has 74 valence electrons. The van der Waals surface area contributed by atoms with Crippen molar-refractivity contribution in [3.63, 3.8) is 0 Å². The molecule has 0 fully saturated rings. The summed E-state index contributed by atoms with van der Waals surface area (Å²) in [6.45, 7) is 0.558. The monoisotopic (exact) mass is 206 g/mol. The fraction of sp³-hybridized carbons (Fsp3) is 0.800. The highest BCUT2D eigenvalue weighted by atomic mass is 32.2. The second-order valence-corrected chi connectivity index (χ2v) is 4.14. The first-order valence-corrected chi connectivity index (χ1v) is 5.35. The molecule has 1 rings (SSSR count). The summed E-state index contributed by atoms with van der Waals surface area (Å²) in [4.78, 5) is 0. The van der Waals surface area contributed by atoms with Gasteiger partial charge in [-0.2, -0.15) is 8.42 Å². The van der Waals surface area contributed by atoms with E-state index in [4.69, 9.17) is 4.55 Å². The van der Waals surface area contributed by atoms with Gasteiger partial charge in [0.2, 0.25) is 0 Å². The van der Waals surface area contributed by atoms with Crippen LogP contribution in [0, 0.1) is 0 Å². The minimum Gasteiger partial charge on any atom is -0.286 e. The summed E-state index contributed by atoms with van der Waals surface area (Å²) >= 11 is 0. The number of rotatable bonds is 5. The average molecular weight is 206 g/mol. The topological polar surface area (TPSA) is 98.0 Å². The molecule has 0 amide bonds. The Hall–Kier alpha value is -1.02. The van der Waals surface area contributed by atoms with Crippen molar-refractivity contribution in [1.82, 2.24) is 20.2 Å². The van der Waals surface area contributed by atoms with Crippen LogP contribution < -0.4 is 0 Å². The molecule has 0 aliphatic carbocycles. The highest BCUT2D eigenvalue weighted by molar-refractivity contribution is 7.85. The molecule has 1 heterocycles. The van der Waals surface area contributed by atoms with Crippen molar-refractivity contribution in [3.8, 4) is 0 Å². The van der Waals surface area contributed by atoms with Crippen molar-refractivity contribution >= 4 is 10.1 Å². The third kappa shape index (κ3) is 4.53. The predicted octanol–water partition coefficient (Wildman–Crippen LogP) is -0.659. The van der Waals surface area contributed by atoms with E-state index in [-0.39, 0.29) is 5.75 Å². The van der Waals surface area contributed by atoms with Gasteiger partial charge in [0.1, 0.15) is 6.33 Å². The van der Waals surface area contributed by atoms with Gasteiger partial charge in [0.05, 0.1) is 5.75 Å². The highest BCUT2D eigenvalue weighted by Gasteiger charge is 2.03. The molecule has 0 atom stereocenters. The minimum atomic E-state index is -3.83. The van der Waals surface area contributed by atoms with E-state index >= 15 is 0 Å². The number of aryl methyl sites for hydroxylation is 1. The zero-order valence-corrected chi connectivity index (χ0v) is 7.68. The lowest BCUT2D eigenvalue weighted by atomic mass is 10.3. The molecular weight excluding hydrogens is 196 g/mol. The highest BCUT2D eigenvalue weighted by Crippen LogP contribution is 1.95. The molecule has 0 saturated carbocycles. The zero-order valence-electron chi connectivity index (χ0n) is 6.87. The Bertz CT molecular complexity index is 333. The Labute approximate surface area is 75.5 Å². The average Bonchev–Trinajstić information content (AvgIpc) is 2.48. The van der Waals surface area contributed by atoms with E-state index in [2.05, 4.69) is 15.5 Å². The van der Waals surface area contributed by atoms with Crippen molar-refractivity contribution in [3.05, 3.63) is 6.33 Å². The van der Waals surface area contributed by atoms with Gasteiger partial charge in [-0.05, 0) is 23.3 Å². The first-order valence-electron chi connectivity index (χ1n) is 3.74. The van der Waals surface area contributed by atoms with Crippen LogP contribution in [-0.2, 0) is 16.7 Å². The van der Waals surface area contributed by atoms with E-state index in [9.17, 15) is 8.42 Å². The Balaban J connectivity index is 2.16. The third-order valence-corrected chi connectivity index (χ3v) is 2.24. The molecule has 0 aliphatic heterocycles. The van der Waals surface area contributed by atoms with Crippen molar-refractivity contribution in [2.45, 2.75) is 19.4 Å². The van der Waals surface area contributed by atoms with Gasteiger partial charge in [0.15, 0.2) is 0 Å². The number of tetrazole rings is 1. The molecule has 0 spiro atoms. The van der Waals surface area contributed by atoms with Gasteiger partial charge in [-0.15, -0.1) is 5.10 Å². The van der Waals surface area contributed by atoms with Crippen molar-refractivity contribution in [2.75, 3.05) is 5.75 Å². The Kier molecular flexibility index (Phi) is 3.32. The Morgan fingerprint density at radius 2 is 2.15 bits per heavy atom. The minimum absolute atomic E-state index is 0.213. The van der Waals surface area contributed by atoms with E-state index in [1.807, 2.05) is 0 Å². The van der Waals surface area contributed by atoms with E-state index in [1.54, 1.807) is 0 Å². The standard InChI is InChI=1S/C5H10N4O3S/c10-13(11,12)4-2-1-3-9-5-6-7-8-9/h5H,1-4H2,(H,10,11,12). The second kappa shape index (κ2) is 4.28. The lowest BCUT2D eigenvalue weighted by Crippen LogP contribution is -2.06. The van der Waals surface area contributed by atoms with Crippen LogP contribution >= 0.6 is 0 Å². The Morgan fingerprint density at radius 1 is 1.38 bits per heavy atom. The van der Waals surface area contributed by atoms with Crippen molar-refractivity contribution in [2.24, 2.45) is 0 Å². The molecule has 0 aromatic carbocycles.